The summed E-state index contributed by atoms with van der Waals surface area (Å²) in [6, 6.07) is 48.9. The molecule has 10 rings (SSSR count). The maximum Gasteiger partial charge on any atom is 0.231 e. The number of furan rings is 1. The minimum Gasteiger partial charge on any atom is -0.456 e. The lowest BCUT2D eigenvalue weighted by Gasteiger charge is -2.09. The molecule has 0 saturated carbocycles. The molecule has 0 aliphatic rings. The molecule has 1 N–H and O–H groups in total. The molecule has 0 radical (unpaired) electrons. The Balaban J connectivity index is 1.27. The highest BCUT2D eigenvalue weighted by Crippen LogP contribution is 2.43. The zero-order valence-corrected chi connectivity index (χ0v) is 24.0. The summed E-state index contributed by atoms with van der Waals surface area (Å²) in [7, 11) is 0. The highest BCUT2D eigenvalue weighted by Gasteiger charge is 2.20. The second kappa shape index (κ2) is 9.15. The number of nitrogens with one attached hydrogen (secondary N) is 1. The van der Waals surface area contributed by atoms with E-state index in [0.717, 1.165) is 55.0 Å². The van der Waals surface area contributed by atoms with E-state index >= 15 is 0 Å². The Morgan fingerprint density at radius 1 is 0.511 bits per heavy atom. The largest absolute Gasteiger partial charge is 0.456 e. The van der Waals surface area contributed by atoms with Crippen molar-refractivity contribution in [2.45, 2.75) is 0 Å². The Morgan fingerprint density at radius 3 is 2.13 bits per heavy atom. The molecule has 0 bridgehead atoms. The van der Waals surface area contributed by atoms with Gasteiger partial charge in [-0.05, 0) is 63.0 Å². The van der Waals surface area contributed by atoms with E-state index in [1.54, 1.807) is 0 Å². The fraction of sp³-hybridized carbons (Fsp3) is 0. The van der Waals surface area contributed by atoms with Crippen LogP contribution >= 0.6 is 0 Å². The van der Waals surface area contributed by atoms with Gasteiger partial charge in [0.15, 0.2) is 5.82 Å². The molecule has 0 fully saturated rings. The van der Waals surface area contributed by atoms with Gasteiger partial charge in [-0.2, -0.15) is 10.1 Å². The maximum absolute atomic E-state index is 6.42. The topological polar surface area (TPSA) is 59.6 Å². The van der Waals surface area contributed by atoms with Crippen LogP contribution in [0.15, 0.2) is 144 Å². The number of nitrogens with zero attached hydrogens (tertiary/aromatic N) is 3. The van der Waals surface area contributed by atoms with Crippen LogP contribution in [0, 0.1) is 0 Å². The van der Waals surface area contributed by atoms with Crippen LogP contribution in [-0.4, -0.2) is 19.7 Å². The summed E-state index contributed by atoms with van der Waals surface area (Å²) >= 11 is 0. The van der Waals surface area contributed by atoms with Gasteiger partial charge in [0.25, 0.3) is 0 Å². The Bertz CT molecular complexity index is 2770. The first-order chi connectivity index (χ1) is 22.3. The first-order valence-corrected chi connectivity index (χ1v) is 15.1. The first-order valence-electron chi connectivity index (χ1n) is 15.1. The van der Waals surface area contributed by atoms with E-state index in [4.69, 9.17) is 9.40 Å². The lowest BCUT2D eigenvalue weighted by molar-refractivity contribution is 0.669. The Labute approximate surface area is 257 Å². The number of aromatic nitrogens is 4. The molecule has 0 saturated heterocycles. The summed E-state index contributed by atoms with van der Waals surface area (Å²) in [5.74, 6) is 1.36. The number of hydrogen-bond donors (Lipinski definition) is 1. The number of fused-ring (bicyclic) bond motifs is 10. The second-order valence-electron chi connectivity index (χ2n) is 11.5. The Morgan fingerprint density at radius 2 is 1.24 bits per heavy atom. The highest BCUT2D eigenvalue weighted by atomic mass is 16.3. The minimum absolute atomic E-state index is 0.670. The van der Waals surface area contributed by atoms with Crippen molar-refractivity contribution in [2.24, 2.45) is 0 Å². The monoisotopic (exact) mass is 576 g/mol. The van der Waals surface area contributed by atoms with Gasteiger partial charge in [-0.15, -0.1) is 0 Å². The van der Waals surface area contributed by atoms with Gasteiger partial charge in [0, 0.05) is 27.1 Å². The lowest BCUT2D eigenvalue weighted by atomic mass is 9.94. The van der Waals surface area contributed by atoms with Crippen molar-refractivity contribution in [1.29, 1.82) is 0 Å². The van der Waals surface area contributed by atoms with Gasteiger partial charge in [0.05, 0.1) is 11.0 Å². The average Bonchev–Trinajstić information content (AvgIpc) is 3.82. The van der Waals surface area contributed by atoms with Crippen LogP contribution in [0.1, 0.15) is 0 Å². The lowest BCUT2D eigenvalue weighted by Crippen LogP contribution is -1.96. The quantitative estimate of drug-likeness (QED) is 0.228. The molecule has 45 heavy (non-hydrogen) atoms. The molecule has 0 aliphatic carbocycles. The van der Waals surface area contributed by atoms with E-state index in [9.17, 15) is 0 Å². The molecule has 210 valence electrons. The standard InChI is InChI=1S/C40H24N4O/c1-2-11-25(12-3-1)39-41-40(43-42-39)44-33-20-19-26(22-32(33)37-27-13-5-4-10-24(27)18-21-34(37)44)31-23-36-38(29-15-7-6-14-28(29)31)30-16-8-9-17-35(30)45-36/h1-23H,(H,41,42,43). The molecule has 0 unspecified atom stereocenters. The van der Waals surface area contributed by atoms with Crippen LogP contribution in [-0.2, 0) is 0 Å². The van der Waals surface area contributed by atoms with Crippen molar-refractivity contribution in [3.05, 3.63) is 140 Å². The fourth-order valence-electron chi connectivity index (χ4n) is 7.08. The van der Waals surface area contributed by atoms with Gasteiger partial charge >= 0.3 is 0 Å². The van der Waals surface area contributed by atoms with Crippen molar-refractivity contribution in [3.63, 3.8) is 0 Å². The number of hydrogen-bond acceptors (Lipinski definition) is 3. The van der Waals surface area contributed by atoms with Crippen molar-refractivity contribution < 1.29 is 4.42 Å². The summed E-state index contributed by atoms with van der Waals surface area (Å²) in [4.78, 5) is 4.96. The van der Waals surface area contributed by atoms with E-state index in [2.05, 4.69) is 112 Å². The summed E-state index contributed by atoms with van der Waals surface area (Å²) in [5.41, 5.74) is 7.20. The molecule has 10 aromatic rings. The van der Waals surface area contributed by atoms with Gasteiger partial charge in [-0.25, -0.2) is 5.10 Å². The molecule has 5 nitrogen and oxygen atoms in total. The second-order valence-corrected chi connectivity index (χ2v) is 11.5. The summed E-state index contributed by atoms with van der Waals surface area (Å²) in [6.07, 6.45) is 0. The van der Waals surface area contributed by atoms with Crippen molar-refractivity contribution in [1.82, 2.24) is 19.7 Å². The van der Waals surface area contributed by atoms with E-state index in [1.807, 2.05) is 42.5 Å². The summed E-state index contributed by atoms with van der Waals surface area (Å²) in [6.45, 7) is 0. The van der Waals surface area contributed by atoms with Crippen LogP contribution < -0.4 is 0 Å². The number of benzene rings is 7. The fourth-order valence-corrected chi connectivity index (χ4v) is 7.08. The van der Waals surface area contributed by atoms with Crippen LogP contribution in [0.3, 0.4) is 0 Å². The molecule has 0 amide bonds. The number of rotatable bonds is 3. The van der Waals surface area contributed by atoms with Crippen LogP contribution in [0.4, 0.5) is 0 Å². The molecule has 0 atom stereocenters. The van der Waals surface area contributed by atoms with E-state index < -0.39 is 0 Å². The van der Waals surface area contributed by atoms with E-state index in [1.165, 1.54) is 26.9 Å². The van der Waals surface area contributed by atoms with Crippen molar-refractivity contribution >= 4 is 65.3 Å². The van der Waals surface area contributed by atoms with Gasteiger partial charge in [0.2, 0.25) is 5.95 Å². The zero-order valence-electron chi connectivity index (χ0n) is 24.0. The summed E-state index contributed by atoms with van der Waals surface area (Å²) in [5, 5.41) is 17.3. The van der Waals surface area contributed by atoms with Gasteiger partial charge in [-0.3, -0.25) is 4.57 Å². The molecular formula is C40H24N4O. The Kier molecular flexibility index (Phi) is 4.93. The maximum atomic E-state index is 6.42. The van der Waals surface area contributed by atoms with Crippen LogP contribution in [0.5, 0.6) is 0 Å². The van der Waals surface area contributed by atoms with Crippen molar-refractivity contribution in [2.75, 3.05) is 0 Å². The number of H-pyrrole nitrogens is 1. The van der Waals surface area contributed by atoms with Crippen LogP contribution in [0.25, 0.3) is 93.8 Å². The minimum atomic E-state index is 0.670. The SMILES string of the molecule is c1ccc(-c2n[nH]c(-n3c4ccc(-c5cc6oc7ccccc7c6c6ccccc56)cc4c4c5ccccc5ccc43)n2)cc1. The van der Waals surface area contributed by atoms with Crippen molar-refractivity contribution in [3.8, 4) is 28.5 Å². The summed E-state index contributed by atoms with van der Waals surface area (Å²) < 4.78 is 8.61. The molecular weight excluding hydrogens is 552 g/mol. The third-order valence-electron chi connectivity index (χ3n) is 9.07. The highest BCUT2D eigenvalue weighted by molar-refractivity contribution is 6.24. The normalized spacial score (nSPS) is 12.0. The predicted octanol–water partition coefficient (Wildman–Crippen LogP) is 10.4. The molecule has 0 spiro atoms. The third kappa shape index (κ3) is 3.49. The molecule has 3 heterocycles. The third-order valence-corrected chi connectivity index (χ3v) is 9.07. The van der Waals surface area contributed by atoms with E-state index in [0.29, 0.717) is 11.8 Å². The van der Waals surface area contributed by atoms with Gasteiger partial charge in [0.1, 0.15) is 11.2 Å². The molecule has 7 aromatic carbocycles. The molecule has 5 heteroatoms. The Hall–Kier alpha value is -6.20. The average molecular weight is 577 g/mol. The predicted molar refractivity (Wildman–Crippen MR) is 184 cm³/mol. The smallest absolute Gasteiger partial charge is 0.231 e. The van der Waals surface area contributed by atoms with Crippen LogP contribution in [0.2, 0.25) is 0 Å². The first kappa shape index (κ1) is 24.3. The molecule has 0 aliphatic heterocycles. The molecule has 3 aromatic heterocycles. The number of aromatic amines is 1. The van der Waals surface area contributed by atoms with E-state index in [-0.39, 0.29) is 0 Å². The van der Waals surface area contributed by atoms with Gasteiger partial charge < -0.3 is 4.42 Å². The van der Waals surface area contributed by atoms with Gasteiger partial charge in [-0.1, -0.05) is 109 Å². The number of para-hydroxylation sites is 1. The zero-order chi connectivity index (χ0) is 29.5.